The van der Waals surface area contributed by atoms with Crippen LogP contribution in [-0.2, 0) is 6.18 Å². The van der Waals surface area contributed by atoms with Crippen LogP contribution in [0.4, 0.5) is 13.2 Å². The third kappa shape index (κ3) is 3.44. The fourth-order valence-electron chi connectivity index (χ4n) is 3.31. The van der Waals surface area contributed by atoms with Crippen molar-refractivity contribution < 1.29 is 17.9 Å². The third-order valence-electron chi connectivity index (χ3n) is 4.76. The maximum atomic E-state index is 13.9. The molecule has 0 aliphatic carbocycles. The van der Waals surface area contributed by atoms with E-state index in [0.29, 0.717) is 17.0 Å². The minimum absolute atomic E-state index is 0.00437. The monoisotopic (exact) mass is 397 g/mol. The maximum Gasteiger partial charge on any atom is 0.417 e. The molecule has 148 valence electrons. The van der Waals surface area contributed by atoms with Crippen molar-refractivity contribution in [2.45, 2.75) is 20.0 Å². The van der Waals surface area contributed by atoms with Crippen LogP contribution in [0.2, 0.25) is 0 Å². The van der Waals surface area contributed by atoms with Crippen molar-refractivity contribution >= 4 is 11.0 Å². The number of benzene rings is 2. The molecule has 0 fully saturated rings. The molecule has 0 atom stereocenters. The number of nitrogens with zero attached hydrogens (tertiary/aromatic N) is 3. The van der Waals surface area contributed by atoms with Gasteiger partial charge in [0.15, 0.2) is 5.65 Å². The van der Waals surface area contributed by atoms with E-state index >= 15 is 0 Å². The van der Waals surface area contributed by atoms with E-state index in [-0.39, 0.29) is 22.4 Å². The lowest BCUT2D eigenvalue weighted by Gasteiger charge is -2.12. The summed E-state index contributed by atoms with van der Waals surface area (Å²) in [5.41, 5.74) is 2.12. The normalized spacial score (nSPS) is 11.8. The van der Waals surface area contributed by atoms with Crippen LogP contribution in [-0.4, -0.2) is 21.9 Å². The Balaban J connectivity index is 2.04. The fourth-order valence-corrected chi connectivity index (χ4v) is 3.31. The van der Waals surface area contributed by atoms with Crippen molar-refractivity contribution in [2.24, 2.45) is 0 Å². The number of ether oxygens (including phenoxy) is 1. The summed E-state index contributed by atoms with van der Waals surface area (Å²) in [6.45, 7) is 3.51. The van der Waals surface area contributed by atoms with E-state index in [2.05, 4.69) is 10.1 Å². The molecule has 2 aromatic carbocycles. The van der Waals surface area contributed by atoms with Gasteiger partial charge < -0.3 is 4.74 Å². The maximum absolute atomic E-state index is 13.9. The smallest absolute Gasteiger partial charge is 0.417 e. The van der Waals surface area contributed by atoms with Gasteiger partial charge in [-0.25, -0.2) is 9.67 Å². The summed E-state index contributed by atoms with van der Waals surface area (Å²) in [6.07, 6.45) is -4.54. The molecule has 0 unspecified atom stereocenters. The van der Waals surface area contributed by atoms with Gasteiger partial charge in [-0.15, -0.1) is 0 Å². The van der Waals surface area contributed by atoms with Gasteiger partial charge in [0, 0.05) is 5.56 Å². The van der Waals surface area contributed by atoms with Crippen molar-refractivity contribution in [3.8, 4) is 22.7 Å². The molecular formula is C22H18F3N3O. The number of aromatic nitrogens is 3. The van der Waals surface area contributed by atoms with Crippen LogP contribution < -0.4 is 4.74 Å². The molecule has 4 rings (SSSR count). The van der Waals surface area contributed by atoms with Crippen LogP contribution in [0.1, 0.15) is 16.8 Å². The lowest BCUT2D eigenvalue weighted by atomic mass is 10.0. The van der Waals surface area contributed by atoms with E-state index in [1.807, 2.05) is 31.2 Å². The zero-order valence-electron chi connectivity index (χ0n) is 16.1. The van der Waals surface area contributed by atoms with Crippen LogP contribution in [0, 0.1) is 13.8 Å². The highest BCUT2D eigenvalue weighted by molar-refractivity contribution is 5.87. The summed E-state index contributed by atoms with van der Waals surface area (Å²) < 4.78 is 48.4. The predicted octanol–water partition coefficient (Wildman–Crippen LogP) is 5.73. The van der Waals surface area contributed by atoms with Gasteiger partial charge >= 0.3 is 6.18 Å². The Labute approximate surface area is 165 Å². The minimum Gasteiger partial charge on any atom is -0.497 e. The molecule has 0 radical (unpaired) electrons. The third-order valence-corrected chi connectivity index (χ3v) is 4.76. The van der Waals surface area contributed by atoms with Gasteiger partial charge in [0.05, 0.1) is 35.1 Å². The first-order valence-electron chi connectivity index (χ1n) is 8.97. The highest BCUT2D eigenvalue weighted by atomic mass is 19.4. The number of halogens is 3. The van der Waals surface area contributed by atoms with Crippen LogP contribution in [0.3, 0.4) is 0 Å². The molecule has 4 nitrogen and oxygen atoms in total. The second-order valence-corrected chi connectivity index (χ2v) is 6.82. The molecule has 0 spiro atoms. The summed E-state index contributed by atoms with van der Waals surface area (Å²) >= 11 is 0. The van der Waals surface area contributed by atoms with E-state index in [9.17, 15) is 13.2 Å². The first-order valence-corrected chi connectivity index (χ1v) is 8.97. The van der Waals surface area contributed by atoms with Gasteiger partial charge in [-0.3, -0.25) is 0 Å². The quantitative estimate of drug-likeness (QED) is 0.443. The number of alkyl halides is 3. The average Bonchev–Trinajstić information content (AvgIpc) is 3.04. The first kappa shape index (κ1) is 19.0. The molecule has 0 aliphatic heterocycles. The number of hydrogen-bond donors (Lipinski definition) is 0. The zero-order chi connectivity index (χ0) is 20.8. The standard InChI is InChI=1S/C22H18F3N3O/c1-13-7-9-16(10-8-13)28-21-20(14(2)27-28)18(22(23,24)25)12-19(26-21)15-5-4-6-17(11-15)29-3/h4-12H,1-3H3. The molecule has 0 saturated carbocycles. The fraction of sp³-hybridized carbons (Fsp3) is 0.182. The molecule has 0 bridgehead atoms. The van der Waals surface area contributed by atoms with Gasteiger partial charge in [0.25, 0.3) is 0 Å². The van der Waals surface area contributed by atoms with Crippen molar-refractivity contribution in [1.82, 2.24) is 14.8 Å². The molecule has 0 amide bonds. The Bertz CT molecular complexity index is 1190. The summed E-state index contributed by atoms with van der Waals surface area (Å²) in [6, 6.07) is 15.3. The number of pyridine rings is 1. The number of aryl methyl sites for hydroxylation is 2. The SMILES string of the molecule is COc1cccc(-c2cc(C(F)(F)F)c3c(C)nn(-c4ccc(C)cc4)c3n2)c1. The van der Waals surface area contributed by atoms with E-state index in [0.717, 1.165) is 11.6 Å². The Kier molecular flexibility index (Phi) is 4.53. The Morgan fingerprint density at radius 3 is 2.34 bits per heavy atom. The number of fused-ring (bicyclic) bond motifs is 1. The van der Waals surface area contributed by atoms with E-state index in [4.69, 9.17) is 4.74 Å². The highest BCUT2D eigenvalue weighted by Gasteiger charge is 2.35. The molecule has 2 aromatic heterocycles. The minimum atomic E-state index is -4.54. The van der Waals surface area contributed by atoms with Crippen LogP contribution in [0.5, 0.6) is 5.75 Å². The first-order chi connectivity index (χ1) is 13.8. The van der Waals surface area contributed by atoms with Gasteiger partial charge in [0.2, 0.25) is 0 Å². The topological polar surface area (TPSA) is 39.9 Å². The van der Waals surface area contributed by atoms with Crippen molar-refractivity contribution in [2.75, 3.05) is 7.11 Å². The van der Waals surface area contributed by atoms with Crippen molar-refractivity contribution in [3.05, 3.63) is 71.4 Å². The summed E-state index contributed by atoms with van der Waals surface area (Å²) in [5.74, 6) is 0.543. The number of methoxy groups -OCH3 is 1. The van der Waals surface area contributed by atoms with Gasteiger partial charge in [-0.2, -0.15) is 18.3 Å². The summed E-state index contributed by atoms with van der Waals surface area (Å²) in [5, 5.41) is 4.37. The van der Waals surface area contributed by atoms with E-state index in [1.165, 1.54) is 11.8 Å². The van der Waals surface area contributed by atoms with Crippen LogP contribution in [0.25, 0.3) is 28.0 Å². The van der Waals surface area contributed by atoms with E-state index < -0.39 is 11.7 Å². The highest BCUT2D eigenvalue weighted by Crippen LogP contribution is 2.39. The Hall–Kier alpha value is -3.35. The van der Waals surface area contributed by atoms with Gasteiger partial charge in [-0.1, -0.05) is 29.8 Å². The largest absolute Gasteiger partial charge is 0.497 e. The second-order valence-electron chi connectivity index (χ2n) is 6.82. The zero-order valence-corrected chi connectivity index (χ0v) is 16.1. The van der Waals surface area contributed by atoms with Gasteiger partial charge in [0.1, 0.15) is 5.75 Å². The summed E-state index contributed by atoms with van der Waals surface area (Å²) in [7, 11) is 1.51. The molecule has 0 aliphatic rings. The van der Waals surface area contributed by atoms with Gasteiger partial charge in [-0.05, 0) is 44.2 Å². The Morgan fingerprint density at radius 1 is 0.966 bits per heavy atom. The van der Waals surface area contributed by atoms with Crippen LogP contribution in [0.15, 0.2) is 54.6 Å². The second kappa shape index (κ2) is 6.92. The molecule has 29 heavy (non-hydrogen) atoms. The van der Waals surface area contributed by atoms with Crippen molar-refractivity contribution in [1.29, 1.82) is 0 Å². The van der Waals surface area contributed by atoms with Crippen molar-refractivity contribution in [3.63, 3.8) is 0 Å². The molecule has 0 N–H and O–H groups in total. The number of hydrogen-bond acceptors (Lipinski definition) is 3. The Morgan fingerprint density at radius 2 is 1.69 bits per heavy atom. The molecule has 4 aromatic rings. The predicted molar refractivity (Wildman–Crippen MR) is 105 cm³/mol. The molecular weight excluding hydrogens is 379 g/mol. The lowest BCUT2D eigenvalue weighted by molar-refractivity contribution is -0.136. The number of rotatable bonds is 3. The molecule has 2 heterocycles. The average molecular weight is 397 g/mol. The lowest BCUT2D eigenvalue weighted by Crippen LogP contribution is -2.08. The molecule has 7 heteroatoms. The van der Waals surface area contributed by atoms with Crippen LogP contribution >= 0.6 is 0 Å². The summed E-state index contributed by atoms with van der Waals surface area (Å²) in [4.78, 5) is 4.56. The molecule has 0 saturated heterocycles. The van der Waals surface area contributed by atoms with E-state index in [1.54, 1.807) is 31.2 Å².